The van der Waals surface area contributed by atoms with Crippen molar-refractivity contribution in [2.75, 3.05) is 0 Å². The Hall–Kier alpha value is -2.54. The molecule has 1 atom stereocenters. The molecule has 1 N–H and O–H groups in total. The van der Waals surface area contributed by atoms with Gasteiger partial charge in [0.25, 0.3) is 5.91 Å². The maximum Gasteiger partial charge on any atom is 0.264 e. The summed E-state index contributed by atoms with van der Waals surface area (Å²) >= 11 is 1.41. The number of nitrogens with zero attached hydrogens (tertiary/aromatic N) is 3. The van der Waals surface area contributed by atoms with Gasteiger partial charge < -0.3 is 9.88 Å². The van der Waals surface area contributed by atoms with Crippen molar-refractivity contribution >= 4 is 17.2 Å². The molecule has 5 nitrogen and oxygen atoms in total. The second-order valence-corrected chi connectivity index (χ2v) is 7.51. The van der Waals surface area contributed by atoms with E-state index in [2.05, 4.69) is 29.1 Å². The van der Waals surface area contributed by atoms with Gasteiger partial charge in [-0.25, -0.2) is 14.4 Å². The fraction of sp³-hybridized carbons (Fsp3) is 0.316. The van der Waals surface area contributed by atoms with E-state index < -0.39 is 6.04 Å². The second kappa shape index (κ2) is 7.37. The number of hydrogen-bond acceptors (Lipinski definition) is 4. The summed E-state index contributed by atoms with van der Waals surface area (Å²) in [6.07, 6.45) is 3.49. The van der Waals surface area contributed by atoms with Crippen molar-refractivity contribution in [3.8, 4) is 0 Å². The molecule has 1 aromatic carbocycles. The summed E-state index contributed by atoms with van der Waals surface area (Å²) in [4.78, 5) is 22.3. The van der Waals surface area contributed by atoms with E-state index >= 15 is 0 Å². The smallest absolute Gasteiger partial charge is 0.264 e. The molecule has 7 heteroatoms. The molecule has 2 aromatic heterocycles. The number of hydrogen-bond donors (Lipinski definition) is 1. The van der Waals surface area contributed by atoms with Crippen LogP contribution < -0.4 is 5.32 Å². The third kappa shape index (κ3) is 3.67. The van der Waals surface area contributed by atoms with Gasteiger partial charge in [0.2, 0.25) is 0 Å². The molecular formula is C19H21FN4OS. The lowest BCUT2D eigenvalue weighted by atomic mass is 10.1. The van der Waals surface area contributed by atoms with Gasteiger partial charge in [0.05, 0.1) is 10.7 Å². The van der Waals surface area contributed by atoms with Crippen molar-refractivity contribution in [1.82, 2.24) is 19.9 Å². The first-order valence-corrected chi connectivity index (χ1v) is 9.19. The third-order valence-corrected chi connectivity index (χ3v) is 5.57. The van der Waals surface area contributed by atoms with Gasteiger partial charge in [-0.1, -0.05) is 26.0 Å². The Morgan fingerprint density at radius 2 is 1.96 bits per heavy atom. The van der Waals surface area contributed by atoms with Gasteiger partial charge in [0, 0.05) is 25.4 Å². The summed E-state index contributed by atoms with van der Waals surface area (Å²) in [5.41, 5.74) is 1.48. The lowest BCUT2D eigenvalue weighted by molar-refractivity contribution is 0.0944. The van der Waals surface area contributed by atoms with E-state index in [1.54, 1.807) is 18.3 Å². The number of amides is 1. The highest BCUT2D eigenvalue weighted by Gasteiger charge is 2.24. The number of nitrogens with one attached hydrogen (secondary N) is 1. The molecule has 3 rings (SSSR count). The quantitative estimate of drug-likeness (QED) is 0.737. The molecule has 2 heterocycles. The topological polar surface area (TPSA) is 59.8 Å². The van der Waals surface area contributed by atoms with Crippen LogP contribution in [0, 0.1) is 12.7 Å². The van der Waals surface area contributed by atoms with Crippen LogP contribution >= 0.6 is 11.3 Å². The molecule has 1 unspecified atom stereocenters. The lowest BCUT2D eigenvalue weighted by Gasteiger charge is -2.19. The Labute approximate surface area is 155 Å². The molecule has 26 heavy (non-hydrogen) atoms. The van der Waals surface area contributed by atoms with Crippen molar-refractivity contribution < 1.29 is 9.18 Å². The molecule has 0 aliphatic rings. The first kappa shape index (κ1) is 18.3. The van der Waals surface area contributed by atoms with Gasteiger partial charge in [-0.2, -0.15) is 0 Å². The lowest BCUT2D eigenvalue weighted by Crippen LogP contribution is -2.31. The Morgan fingerprint density at radius 3 is 2.50 bits per heavy atom. The highest BCUT2D eigenvalue weighted by Crippen LogP contribution is 2.26. The van der Waals surface area contributed by atoms with Gasteiger partial charge >= 0.3 is 0 Å². The van der Waals surface area contributed by atoms with E-state index in [1.807, 2.05) is 24.7 Å². The molecule has 1 amide bonds. The molecule has 0 bridgehead atoms. The average Bonchev–Trinajstić information content (AvgIpc) is 3.19. The molecule has 0 aliphatic carbocycles. The molecule has 136 valence electrons. The predicted octanol–water partition coefficient (Wildman–Crippen LogP) is 3.97. The van der Waals surface area contributed by atoms with E-state index in [1.165, 1.54) is 23.5 Å². The van der Waals surface area contributed by atoms with Crippen LogP contribution in [0.1, 0.15) is 57.6 Å². The molecule has 3 aromatic rings. The molecule has 0 fully saturated rings. The van der Waals surface area contributed by atoms with Crippen LogP contribution in [0.2, 0.25) is 0 Å². The van der Waals surface area contributed by atoms with Crippen LogP contribution in [0.4, 0.5) is 4.39 Å². The van der Waals surface area contributed by atoms with Crippen LogP contribution in [-0.2, 0) is 7.05 Å². The average molecular weight is 372 g/mol. The summed E-state index contributed by atoms with van der Waals surface area (Å²) in [7, 11) is 1.86. The zero-order valence-electron chi connectivity index (χ0n) is 15.2. The zero-order chi connectivity index (χ0) is 18.8. The number of carbonyl (C=O) groups excluding carboxylic acids is 1. The largest absolute Gasteiger partial charge is 0.337 e. The standard InChI is InChI=1S/C19H21FN4OS/c1-11(2)19-22-12(3)16(26-19)18(25)23-15(17-21-9-10-24(17)4)13-5-7-14(20)8-6-13/h5-11,15H,1-4H3,(H,23,25). The first-order chi connectivity index (χ1) is 12.4. The predicted molar refractivity (Wildman–Crippen MR) is 99.9 cm³/mol. The second-order valence-electron chi connectivity index (χ2n) is 6.48. The Balaban J connectivity index is 1.94. The van der Waals surface area contributed by atoms with E-state index in [0.29, 0.717) is 16.4 Å². The molecule has 0 aliphatic heterocycles. The molecule has 0 saturated carbocycles. The summed E-state index contributed by atoms with van der Waals surface area (Å²) in [6.45, 7) is 5.94. The Morgan fingerprint density at radius 1 is 1.27 bits per heavy atom. The van der Waals surface area contributed by atoms with Crippen LogP contribution in [0.5, 0.6) is 0 Å². The Bertz CT molecular complexity index is 914. The van der Waals surface area contributed by atoms with Gasteiger partial charge in [-0.15, -0.1) is 11.3 Å². The minimum atomic E-state index is -0.480. The van der Waals surface area contributed by atoms with Crippen LogP contribution in [0.25, 0.3) is 0 Å². The number of halogens is 1. The fourth-order valence-electron chi connectivity index (χ4n) is 2.68. The molecule has 0 radical (unpaired) electrons. The van der Waals surface area contributed by atoms with E-state index in [9.17, 15) is 9.18 Å². The number of carbonyl (C=O) groups is 1. The van der Waals surface area contributed by atoms with Crippen molar-refractivity contribution in [2.24, 2.45) is 7.05 Å². The zero-order valence-corrected chi connectivity index (χ0v) is 16.0. The van der Waals surface area contributed by atoms with Gasteiger partial charge in [0.1, 0.15) is 22.6 Å². The van der Waals surface area contributed by atoms with E-state index in [0.717, 1.165) is 10.6 Å². The summed E-state index contributed by atoms with van der Waals surface area (Å²) in [5.74, 6) is 0.418. The Kier molecular flexibility index (Phi) is 5.18. The number of thiazole rings is 1. The number of aromatic nitrogens is 3. The van der Waals surface area contributed by atoms with Crippen molar-refractivity contribution in [3.63, 3.8) is 0 Å². The fourth-order valence-corrected chi connectivity index (χ4v) is 3.65. The minimum absolute atomic E-state index is 0.204. The molecular weight excluding hydrogens is 351 g/mol. The van der Waals surface area contributed by atoms with E-state index in [4.69, 9.17) is 0 Å². The van der Waals surface area contributed by atoms with Crippen molar-refractivity contribution in [1.29, 1.82) is 0 Å². The third-order valence-electron chi connectivity index (χ3n) is 4.11. The van der Waals surface area contributed by atoms with Crippen LogP contribution in [0.3, 0.4) is 0 Å². The normalized spacial score (nSPS) is 12.4. The van der Waals surface area contributed by atoms with Crippen molar-refractivity contribution in [2.45, 2.75) is 32.7 Å². The SMILES string of the molecule is Cc1nc(C(C)C)sc1C(=O)NC(c1ccc(F)cc1)c1nccn1C. The number of aryl methyl sites for hydroxylation is 2. The molecule has 0 spiro atoms. The maximum atomic E-state index is 13.3. The summed E-state index contributed by atoms with van der Waals surface area (Å²) < 4.78 is 15.2. The summed E-state index contributed by atoms with van der Waals surface area (Å²) in [6, 6.07) is 5.60. The highest BCUT2D eigenvalue weighted by molar-refractivity contribution is 7.13. The van der Waals surface area contributed by atoms with Crippen LogP contribution in [-0.4, -0.2) is 20.4 Å². The minimum Gasteiger partial charge on any atom is -0.337 e. The van der Waals surface area contributed by atoms with Gasteiger partial charge in [0.15, 0.2) is 0 Å². The number of imidazole rings is 1. The number of benzene rings is 1. The van der Waals surface area contributed by atoms with Crippen LogP contribution in [0.15, 0.2) is 36.7 Å². The monoisotopic (exact) mass is 372 g/mol. The van der Waals surface area contributed by atoms with E-state index in [-0.39, 0.29) is 17.6 Å². The first-order valence-electron chi connectivity index (χ1n) is 8.37. The molecule has 0 saturated heterocycles. The maximum absolute atomic E-state index is 13.3. The van der Waals surface area contributed by atoms with Crippen molar-refractivity contribution in [3.05, 3.63) is 69.4 Å². The highest BCUT2D eigenvalue weighted by atomic mass is 32.1. The number of rotatable bonds is 5. The van der Waals surface area contributed by atoms with Gasteiger partial charge in [-0.05, 0) is 24.6 Å². The van der Waals surface area contributed by atoms with Gasteiger partial charge in [-0.3, -0.25) is 4.79 Å². The summed E-state index contributed by atoms with van der Waals surface area (Å²) in [5, 5.41) is 3.96.